The van der Waals surface area contributed by atoms with Gasteiger partial charge in [0.1, 0.15) is 5.78 Å². The Morgan fingerprint density at radius 1 is 1.10 bits per heavy atom. The van der Waals surface area contributed by atoms with Gasteiger partial charge in [-0.3, -0.25) is 4.79 Å². The Morgan fingerprint density at radius 2 is 1.67 bits per heavy atom. The summed E-state index contributed by atoms with van der Waals surface area (Å²) in [5, 5.41) is 11.8. The van der Waals surface area contributed by atoms with Gasteiger partial charge in [-0.25, -0.2) is 4.79 Å². The molecule has 0 radical (unpaired) electrons. The fourth-order valence-electron chi connectivity index (χ4n) is 2.39. The van der Waals surface area contributed by atoms with Crippen molar-refractivity contribution < 1.29 is 49.9 Å². The molecule has 0 amide bonds. The summed E-state index contributed by atoms with van der Waals surface area (Å²) < 4.78 is 88.3. The Hall–Kier alpha value is -1.08. The SMILES string of the molecule is CC(CNCCC[N+](C)(C)CC(=O)O)C(=O)CSCCC(F)(F)C(F)(F)C(F)(F)F. The summed E-state index contributed by atoms with van der Waals surface area (Å²) in [5.41, 5.74) is 0. The number of likely N-dealkylation sites (N-methyl/N-ethyl adjacent to an activating group) is 1. The molecule has 1 atom stereocenters. The number of carboxylic acid groups (broad SMARTS) is 1. The molecule has 13 heteroatoms. The molecule has 30 heavy (non-hydrogen) atoms. The van der Waals surface area contributed by atoms with E-state index in [9.17, 15) is 40.3 Å². The molecule has 0 aromatic carbocycles. The minimum atomic E-state index is -6.35. The van der Waals surface area contributed by atoms with Crippen molar-refractivity contribution in [3.63, 3.8) is 0 Å². The first-order valence-electron chi connectivity index (χ1n) is 9.10. The summed E-state index contributed by atoms with van der Waals surface area (Å²) >= 11 is 0.580. The second-order valence-corrected chi connectivity index (χ2v) is 8.82. The van der Waals surface area contributed by atoms with Crippen LogP contribution in [0.5, 0.6) is 0 Å². The molecule has 0 aliphatic heterocycles. The van der Waals surface area contributed by atoms with Gasteiger partial charge in [0.05, 0.1) is 26.4 Å². The molecule has 178 valence electrons. The van der Waals surface area contributed by atoms with E-state index < -0.39 is 42.1 Å². The van der Waals surface area contributed by atoms with E-state index in [1.165, 1.54) is 0 Å². The lowest BCUT2D eigenvalue weighted by atomic mass is 10.1. The number of nitrogens with zero attached hydrogens (tertiary/aromatic N) is 1. The van der Waals surface area contributed by atoms with E-state index in [0.29, 0.717) is 35.8 Å². The number of nitrogens with one attached hydrogen (secondary N) is 1. The first-order chi connectivity index (χ1) is 13.4. The number of rotatable bonds is 15. The molecule has 2 N–H and O–H groups in total. The normalized spacial score (nSPS) is 14.6. The van der Waals surface area contributed by atoms with Crippen LogP contribution in [0.1, 0.15) is 19.8 Å². The Bertz CT molecular complexity index is 572. The molecule has 0 bridgehead atoms. The van der Waals surface area contributed by atoms with Crippen molar-refractivity contribution in [1.82, 2.24) is 5.32 Å². The van der Waals surface area contributed by atoms with Crippen molar-refractivity contribution in [2.45, 2.75) is 37.8 Å². The highest BCUT2D eigenvalue weighted by Crippen LogP contribution is 2.48. The molecule has 1 unspecified atom stereocenters. The van der Waals surface area contributed by atoms with Crippen molar-refractivity contribution in [2.75, 3.05) is 51.8 Å². The van der Waals surface area contributed by atoms with E-state index in [1.54, 1.807) is 21.0 Å². The highest BCUT2D eigenvalue weighted by atomic mass is 32.2. The molecular formula is C17H28F7N2O3S+. The van der Waals surface area contributed by atoms with Crippen molar-refractivity contribution >= 4 is 23.5 Å². The van der Waals surface area contributed by atoms with Gasteiger partial charge in [-0.05, 0) is 5.75 Å². The van der Waals surface area contributed by atoms with Gasteiger partial charge >= 0.3 is 24.0 Å². The third-order valence-corrected chi connectivity index (χ3v) is 5.28. The molecule has 0 aliphatic carbocycles. The number of hydrogen-bond donors (Lipinski definition) is 2. The second kappa shape index (κ2) is 11.5. The van der Waals surface area contributed by atoms with Gasteiger partial charge in [0, 0.05) is 31.8 Å². The van der Waals surface area contributed by atoms with Gasteiger partial charge in [0.2, 0.25) is 0 Å². The van der Waals surface area contributed by atoms with Crippen LogP contribution < -0.4 is 5.32 Å². The lowest BCUT2D eigenvalue weighted by Gasteiger charge is -2.28. The predicted molar refractivity (Wildman–Crippen MR) is 99.0 cm³/mol. The van der Waals surface area contributed by atoms with Crippen LogP contribution in [0.25, 0.3) is 0 Å². The van der Waals surface area contributed by atoms with Crippen LogP contribution in [0.4, 0.5) is 30.7 Å². The average Bonchev–Trinajstić information content (AvgIpc) is 2.55. The van der Waals surface area contributed by atoms with Gasteiger partial charge in [-0.2, -0.15) is 42.5 Å². The van der Waals surface area contributed by atoms with Gasteiger partial charge in [-0.1, -0.05) is 6.92 Å². The molecule has 0 saturated carbocycles. The highest BCUT2D eigenvalue weighted by Gasteiger charge is 2.72. The minimum absolute atomic E-state index is 0.0277. The zero-order valence-corrected chi connectivity index (χ0v) is 17.8. The molecule has 0 heterocycles. The number of carbonyl (C=O) groups is 2. The summed E-state index contributed by atoms with van der Waals surface area (Å²) in [7, 11) is 3.54. The molecule has 0 aromatic rings. The maximum absolute atomic E-state index is 13.2. The minimum Gasteiger partial charge on any atom is -0.477 e. The highest BCUT2D eigenvalue weighted by molar-refractivity contribution is 7.99. The maximum Gasteiger partial charge on any atom is 0.459 e. The third kappa shape index (κ3) is 9.82. The van der Waals surface area contributed by atoms with E-state index in [2.05, 4.69) is 5.32 Å². The Labute approximate surface area is 174 Å². The third-order valence-electron chi connectivity index (χ3n) is 4.30. The topological polar surface area (TPSA) is 66.4 Å². The van der Waals surface area contributed by atoms with Crippen LogP contribution in [0, 0.1) is 5.92 Å². The van der Waals surface area contributed by atoms with E-state index in [1.807, 2.05) is 0 Å². The lowest BCUT2D eigenvalue weighted by molar-refractivity contribution is -0.883. The Morgan fingerprint density at radius 3 is 2.17 bits per heavy atom. The molecule has 5 nitrogen and oxygen atoms in total. The second-order valence-electron chi connectivity index (χ2n) is 7.72. The van der Waals surface area contributed by atoms with Gasteiger partial charge in [-0.15, -0.1) is 0 Å². The number of carbonyl (C=O) groups excluding carboxylic acids is 1. The van der Waals surface area contributed by atoms with Crippen LogP contribution in [0.15, 0.2) is 0 Å². The number of thioether (sulfide) groups is 1. The largest absolute Gasteiger partial charge is 0.477 e. The van der Waals surface area contributed by atoms with Gasteiger partial charge < -0.3 is 14.9 Å². The predicted octanol–water partition coefficient (Wildman–Crippen LogP) is 3.29. The number of ketones is 1. The van der Waals surface area contributed by atoms with Crippen molar-refractivity contribution in [3.05, 3.63) is 0 Å². The van der Waals surface area contributed by atoms with E-state index in [-0.39, 0.29) is 24.6 Å². The molecule has 0 saturated heterocycles. The van der Waals surface area contributed by atoms with Gasteiger partial charge in [0.15, 0.2) is 6.54 Å². The van der Waals surface area contributed by atoms with Crippen LogP contribution in [0.3, 0.4) is 0 Å². The van der Waals surface area contributed by atoms with E-state index in [4.69, 9.17) is 5.11 Å². The molecule has 0 fully saturated rings. The van der Waals surface area contributed by atoms with Crippen LogP contribution in [-0.2, 0) is 9.59 Å². The number of carboxylic acids is 1. The molecule has 0 rings (SSSR count). The lowest BCUT2D eigenvalue weighted by Crippen LogP contribution is -2.52. The van der Waals surface area contributed by atoms with E-state index in [0.717, 1.165) is 0 Å². The van der Waals surface area contributed by atoms with Gasteiger partial charge in [0.25, 0.3) is 0 Å². The monoisotopic (exact) mass is 473 g/mol. The summed E-state index contributed by atoms with van der Waals surface area (Å²) in [6, 6.07) is 0. The van der Waals surface area contributed by atoms with Crippen LogP contribution in [-0.4, -0.2) is 91.1 Å². The van der Waals surface area contributed by atoms with Crippen molar-refractivity contribution in [2.24, 2.45) is 5.92 Å². The number of hydrogen-bond acceptors (Lipinski definition) is 4. The standard InChI is InChI=1S/C17H27F7N2O3S/c1-12(9-25-6-4-7-26(2,3)10-14(28)29)13(27)11-30-8-5-15(18,19)16(20,21)17(22,23)24/h12,25H,4-11H2,1-3H3/p+1. The maximum atomic E-state index is 13.2. The number of alkyl halides is 7. The van der Waals surface area contributed by atoms with E-state index >= 15 is 0 Å². The summed E-state index contributed by atoms with van der Waals surface area (Å²) in [4.78, 5) is 22.6. The van der Waals surface area contributed by atoms with Crippen molar-refractivity contribution in [1.29, 1.82) is 0 Å². The molecule has 0 aliphatic rings. The first kappa shape index (κ1) is 28.9. The van der Waals surface area contributed by atoms with Crippen molar-refractivity contribution in [3.8, 4) is 0 Å². The summed E-state index contributed by atoms with van der Waals surface area (Å²) in [6.07, 6.45) is -7.40. The molecular weight excluding hydrogens is 445 g/mol. The summed E-state index contributed by atoms with van der Waals surface area (Å²) in [5.74, 6) is -14.1. The fourth-order valence-corrected chi connectivity index (χ4v) is 3.42. The van der Waals surface area contributed by atoms with Crippen LogP contribution in [0.2, 0.25) is 0 Å². The Kier molecular flexibility index (Phi) is 11.1. The fraction of sp³-hybridized carbons (Fsp3) is 0.882. The number of Topliss-reactive ketones (excluding diaryl/α,β-unsaturated/α-hetero) is 1. The average molecular weight is 473 g/mol. The first-order valence-corrected chi connectivity index (χ1v) is 10.3. The number of aliphatic carboxylic acids is 1. The number of halogens is 7. The quantitative estimate of drug-likeness (QED) is 0.217. The van der Waals surface area contributed by atoms with Crippen LogP contribution >= 0.6 is 11.8 Å². The smallest absolute Gasteiger partial charge is 0.459 e. The molecule has 0 aromatic heterocycles. The zero-order valence-electron chi connectivity index (χ0n) is 17.0. The summed E-state index contributed by atoms with van der Waals surface area (Å²) in [6.45, 7) is 2.93. The molecule has 0 spiro atoms. The zero-order chi connectivity index (χ0) is 23.8. The number of quaternary nitrogens is 1. The Balaban J connectivity index is 4.14.